The number of hydrogen-bond acceptors (Lipinski definition) is 8. The molecule has 2 atom stereocenters. The molecule has 2 aromatic carbocycles. The Morgan fingerprint density at radius 3 is 1.98 bits per heavy atom. The smallest absolute Gasteiger partial charge is 0.226 e. The first-order valence-electron chi connectivity index (χ1n) is 20.6. The van der Waals surface area contributed by atoms with Gasteiger partial charge in [-0.3, -0.25) is 4.79 Å². The van der Waals surface area contributed by atoms with Crippen LogP contribution >= 0.6 is 0 Å². The summed E-state index contributed by atoms with van der Waals surface area (Å²) in [4.78, 5) is 14.0. The van der Waals surface area contributed by atoms with E-state index in [4.69, 9.17) is 14.2 Å². The second-order valence-corrected chi connectivity index (χ2v) is 14.5. The Balaban J connectivity index is 0.000000197. The molecule has 1 saturated carbocycles. The summed E-state index contributed by atoms with van der Waals surface area (Å²) in [5.74, 6) is 7.42. The van der Waals surface area contributed by atoms with Crippen molar-refractivity contribution in [1.82, 2.24) is 30.0 Å². The van der Waals surface area contributed by atoms with Crippen molar-refractivity contribution in [2.45, 2.75) is 123 Å². The summed E-state index contributed by atoms with van der Waals surface area (Å²) in [6.07, 6.45) is 16.6. The molecule has 8 rings (SSSR count). The average Bonchev–Trinajstić information content (AvgIpc) is 3.78. The average molecular weight is 764 g/mol. The van der Waals surface area contributed by atoms with Crippen molar-refractivity contribution in [3.05, 3.63) is 78.6 Å². The van der Waals surface area contributed by atoms with E-state index in [-0.39, 0.29) is 18.1 Å². The first-order valence-corrected chi connectivity index (χ1v) is 20.6. The number of aryl methyl sites for hydroxylation is 1. The molecular weight excluding hydrogens is 703 g/mol. The summed E-state index contributed by atoms with van der Waals surface area (Å²) in [6, 6.07) is 12.4. The Labute approximate surface area is 333 Å². The fraction of sp³-hybridized carbons (Fsp3) is 0.533. The minimum absolute atomic E-state index is 0.224. The number of hydrogen-bond donors (Lipinski definition) is 0. The lowest BCUT2D eigenvalue weighted by atomic mass is 10.0. The number of benzene rings is 2. The van der Waals surface area contributed by atoms with E-state index in [0.29, 0.717) is 18.9 Å². The van der Waals surface area contributed by atoms with E-state index in [0.717, 1.165) is 116 Å². The van der Waals surface area contributed by atoms with Crippen LogP contribution in [0.2, 0.25) is 0 Å². The monoisotopic (exact) mass is 763 g/mol. The van der Waals surface area contributed by atoms with Crippen molar-refractivity contribution in [3.8, 4) is 34.4 Å². The number of carbonyl (C=O) groups is 1. The van der Waals surface area contributed by atoms with E-state index in [9.17, 15) is 4.79 Å². The van der Waals surface area contributed by atoms with E-state index in [1.54, 1.807) is 7.11 Å². The van der Waals surface area contributed by atoms with Crippen molar-refractivity contribution < 1.29 is 19.0 Å². The molecule has 11 nitrogen and oxygen atoms in total. The van der Waals surface area contributed by atoms with Crippen molar-refractivity contribution in [2.75, 3.05) is 31.8 Å². The highest BCUT2D eigenvalue weighted by molar-refractivity contribution is 5.94. The number of piperidine rings is 1. The molecule has 0 spiro atoms. The normalized spacial score (nSPS) is 19.2. The van der Waals surface area contributed by atoms with E-state index in [1.807, 2.05) is 46.6 Å². The fourth-order valence-corrected chi connectivity index (χ4v) is 7.13. The summed E-state index contributed by atoms with van der Waals surface area (Å²) in [6.45, 7) is 16.6. The SMILES string of the molecule is C=C.CC.COCc1cc(C#CC2CC2)ccc1-c1cn(C[C@H]2CCCCO2)nn1.Cc1cc(N2CCCCC2=O)ccc1-c1cn(C[C@H]2CCCCO2)nn1. The molecule has 1 amide bonds. The van der Waals surface area contributed by atoms with E-state index < -0.39 is 0 Å². The zero-order valence-electron chi connectivity index (χ0n) is 34.0. The van der Waals surface area contributed by atoms with E-state index in [2.05, 4.69) is 82.9 Å². The lowest BCUT2D eigenvalue weighted by Crippen LogP contribution is -2.35. The third kappa shape index (κ3) is 12.2. The van der Waals surface area contributed by atoms with Crippen LogP contribution in [-0.2, 0) is 38.7 Å². The standard InChI is InChI=1S/C21H25N3O2.C20H26N4O2.C2H6.C2H4/c1-25-15-18-12-17(8-7-16-5-6-16)9-10-20(18)21-14-24(23-22-21)13-19-4-2-3-11-26-19;1-15-12-16(24-10-4-2-7-20(24)25)8-9-18(15)19-14-23(22-21-19)13-17-6-3-5-11-26-17;2*1-2/h9-10,12,14,16,19H,2-6,11,13,15H2,1H3;8-9,12,14,17H,2-7,10-11,13H2,1H3;1-2H3;1-2H2/t19-;17-;;/m11../s1. The van der Waals surface area contributed by atoms with Gasteiger partial charge in [-0.2, -0.15) is 0 Å². The van der Waals surface area contributed by atoms with Gasteiger partial charge in [-0.05, 0) is 107 Å². The number of anilines is 1. The molecule has 2 aromatic heterocycles. The molecular formula is C45H61N7O4. The van der Waals surface area contributed by atoms with Crippen molar-refractivity contribution in [1.29, 1.82) is 0 Å². The Kier molecular flexibility index (Phi) is 16.9. The lowest BCUT2D eigenvalue weighted by Gasteiger charge is -2.27. The van der Waals surface area contributed by atoms with Crippen LogP contribution in [0.25, 0.3) is 22.5 Å². The van der Waals surface area contributed by atoms with Gasteiger partial charge in [0.05, 0.1) is 44.3 Å². The molecule has 56 heavy (non-hydrogen) atoms. The summed E-state index contributed by atoms with van der Waals surface area (Å²) in [5.41, 5.74) is 8.09. The van der Waals surface area contributed by atoms with Crippen LogP contribution < -0.4 is 4.90 Å². The minimum atomic E-state index is 0.224. The van der Waals surface area contributed by atoms with Crippen LogP contribution in [0.1, 0.15) is 101 Å². The third-order valence-electron chi connectivity index (χ3n) is 10.2. The highest BCUT2D eigenvalue weighted by atomic mass is 16.5. The van der Waals surface area contributed by atoms with Gasteiger partial charge < -0.3 is 19.1 Å². The number of methoxy groups -OCH3 is 1. The van der Waals surface area contributed by atoms with Crippen LogP contribution in [0.15, 0.2) is 61.9 Å². The first-order chi connectivity index (χ1) is 27.5. The quantitative estimate of drug-likeness (QED) is 0.123. The molecule has 3 aliphatic heterocycles. The van der Waals surface area contributed by atoms with E-state index in [1.165, 1.54) is 25.7 Å². The Morgan fingerprint density at radius 1 is 0.804 bits per heavy atom. The summed E-state index contributed by atoms with van der Waals surface area (Å²) in [7, 11) is 1.71. The molecule has 3 saturated heterocycles. The molecule has 0 unspecified atom stereocenters. The topological polar surface area (TPSA) is 109 Å². The maximum absolute atomic E-state index is 12.1. The molecule has 0 bridgehead atoms. The van der Waals surface area contributed by atoms with Gasteiger partial charge in [-0.1, -0.05) is 48.2 Å². The van der Waals surface area contributed by atoms with Crippen LogP contribution in [0, 0.1) is 24.7 Å². The largest absolute Gasteiger partial charge is 0.380 e. The van der Waals surface area contributed by atoms with Crippen molar-refractivity contribution in [2.24, 2.45) is 5.92 Å². The number of rotatable bonds is 9. The van der Waals surface area contributed by atoms with Gasteiger partial charge >= 0.3 is 0 Å². The lowest BCUT2D eigenvalue weighted by molar-refractivity contribution is -0.119. The van der Waals surface area contributed by atoms with Gasteiger partial charge in [-0.25, -0.2) is 9.36 Å². The Hall–Kier alpha value is -4.63. The third-order valence-corrected chi connectivity index (χ3v) is 10.2. The number of ether oxygens (including phenoxy) is 3. The predicted octanol–water partition coefficient (Wildman–Crippen LogP) is 8.59. The zero-order chi connectivity index (χ0) is 39.7. The maximum Gasteiger partial charge on any atom is 0.226 e. The van der Waals surface area contributed by atoms with Gasteiger partial charge in [0.15, 0.2) is 0 Å². The second kappa shape index (κ2) is 22.2. The fourth-order valence-electron chi connectivity index (χ4n) is 7.13. The van der Waals surface area contributed by atoms with Crippen LogP contribution in [0.5, 0.6) is 0 Å². The Bertz CT molecular complexity index is 1880. The van der Waals surface area contributed by atoms with E-state index >= 15 is 0 Å². The molecule has 0 radical (unpaired) electrons. The van der Waals surface area contributed by atoms with Crippen molar-refractivity contribution in [3.63, 3.8) is 0 Å². The molecule has 1 aliphatic carbocycles. The highest BCUT2D eigenvalue weighted by Crippen LogP contribution is 2.30. The molecule has 300 valence electrons. The minimum Gasteiger partial charge on any atom is -0.380 e. The molecule has 4 fully saturated rings. The molecule has 4 aromatic rings. The summed E-state index contributed by atoms with van der Waals surface area (Å²) in [5, 5.41) is 17.3. The van der Waals surface area contributed by atoms with Crippen LogP contribution in [-0.4, -0.2) is 75.0 Å². The predicted molar refractivity (Wildman–Crippen MR) is 222 cm³/mol. The second-order valence-electron chi connectivity index (χ2n) is 14.5. The number of amides is 1. The molecule has 5 heterocycles. The summed E-state index contributed by atoms with van der Waals surface area (Å²) < 4.78 is 20.8. The van der Waals surface area contributed by atoms with Gasteiger partial charge in [0.1, 0.15) is 11.4 Å². The molecule has 11 heteroatoms. The maximum atomic E-state index is 12.1. The number of carbonyl (C=O) groups excluding carboxylic acids is 1. The first kappa shape index (κ1) is 42.5. The zero-order valence-corrected chi connectivity index (χ0v) is 34.0. The van der Waals surface area contributed by atoms with Crippen LogP contribution in [0.4, 0.5) is 5.69 Å². The number of nitrogens with zero attached hydrogens (tertiary/aromatic N) is 7. The van der Waals surface area contributed by atoms with Gasteiger partial charge in [0.25, 0.3) is 0 Å². The highest BCUT2D eigenvalue weighted by Gasteiger charge is 2.22. The van der Waals surface area contributed by atoms with Gasteiger partial charge in [0, 0.05) is 61.6 Å². The molecule has 4 aliphatic rings. The molecule has 0 N–H and O–H groups in total. The van der Waals surface area contributed by atoms with Gasteiger partial charge in [0.2, 0.25) is 5.91 Å². The number of aromatic nitrogens is 6. The summed E-state index contributed by atoms with van der Waals surface area (Å²) >= 11 is 0. The van der Waals surface area contributed by atoms with Crippen LogP contribution in [0.3, 0.4) is 0 Å². The Morgan fingerprint density at radius 2 is 1.43 bits per heavy atom. The van der Waals surface area contributed by atoms with Crippen molar-refractivity contribution >= 4 is 11.6 Å². The van der Waals surface area contributed by atoms with Gasteiger partial charge in [-0.15, -0.1) is 23.4 Å².